The minimum atomic E-state index is -0.137. The maximum Gasteiger partial charge on any atom is 0.308 e. The van der Waals surface area contributed by atoms with Gasteiger partial charge in [0.05, 0.1) is 24.9 Å². The van der Waals surface area contributed by atoms with E-state index < -0.39 is 0 Å². The highest BCUT2D eigenvalue weighted by atomic mass is 16.5. The van der Waals surface area contributed by atoms with Crippen LogP contribution in [0.15, 0.2) is 0 Å². The fourth-order valence-electron chi connectivity index (χ4n) is 5.28. The number of hydrogen-bond donors (Lipinski definition) is 0. The third kappa shape index (κ3) is 19.5. The zero-order valence-electron chi connectivity index (χ0n) is 28.7. The molecule has 1 atom stereocenters. The lowest BCUT2D eigenvalue weighted by Gasteiger charge is -2.28. The van der Waals surface area contributed by atoms with Gasteiger partial charge >= 0.3 is 11.9 Å². The SMILES string of the molecule is CCCCCC(CCCCC)C(=O)OCCN(CCOC(=O)C(CCCCC)CCCCC)C(=O)CC(C)N(C)CC. The summed E-state index contributed by atoms with van der Waals surface area (Å²) in [6.07, 6.45) is 17.0. The molecule has 1 amide bonds. The van der Waals surface area contributed by atoms with Crippen molar-refractivity contribution in [3.63, 3.8) is 0 Å². The Balaban J connectivity index is 5.20. The van der Waals surface area contributed by atoms with Crippen LogP contribution in [0.1, 0.15) is 151 Å². The van der Waals surface area contributed by atoms with Gasteiger partial charge < -0.3 is 19.3 Å². The fraction of sp³-hybridized carbons (Fsp3) is 0.914. The maximum absolute atomic E-state index is 13.3. The molecule has 7 nitrogen and oxygen atoms in total. The third-order valence-electron chi connectivity index (χ3n) is 8.58. The Morgan fingerprint density at radius 3 is 1.26 bits per heavy atom. The molecule has 0 saturated heterocycles. The van der Waals surface area contributed by atoms with Gasteiger partial charge in [0.1, 0.15) is 13.2 Å². The summed E-state index contributed by atoms with van der Waals surface area (Å²) in [6.45, 7) is 14.7. The van der Waals surface area contributed by atoms with Gasteiger partial charge in [-0.15, -0.1) is 0 Å². The first kappa shape index (κ1) is 40.4. The lowest BCUT2D eigenvalue weighted by Crippen LogP contribution is -2.41. The molecule has 0 aromatic carbocycles. The Morgan fingerprint density at radius 2 is 0.952 bits per heavy atom. The monoisotopic (exact) mass is 597 g/mol. The highest BCUT2D eigenvalue weighted by Gasteiger charge is 2.23. The van der Waals surface area contributed by atoms with Crippen LogP contribution in [0.4, 0.5) is 0 Å². The summed E-state index contributed by atoms with van der Waals surface area (Å²) in [5, 5.41) is 0. The Labute approximate surface area is 259 Å². The molecule has 42 heavy (non-hydrogen) atoms. The van der Waals surface area contributed by atoms with Gasteiger partial charge in [0, 0.05) is 12.5 Å². The lowest BCUT2D eigenvalue weighted by atomic mass is 9.95. The van der Waals surface area contributed by atoms with Crippen molar-refractivity contribution < 1.29 is 23.9 Å². The maximum atomic E-state index is 13.3. The van der Waals surface area contributed by atoms with Crippen LogP contribution in [0, 0.1) is 11.8 Å². The van der Waals surface area contributed by atoms with Crippen molar-refractivity contribution in [2.45, 2.75) is 157 Å². The predicted octanol–water partition coefficient (Wildman–Crippen LogP) is 8.19. The number of ether oxygens (including phenoxy) is 2. The average Bonchev–Trinajstić information content (AvgIpc) is 2.98. The Bertz CT molecular complexity index is 624. The highest BCUT2D eigenvalue weighted by Crippen LogP contribution is 2.21. The first-order valence-corrected chi connectivity index (χ1v) is 17.6. The van der Waals surface area contributed by atoms with Gasteiger partial charge in [0.2, 0.25) is 5.91 Å². The summed E-state index contributed by atoms with van der Waals surface area (Å²) in [4.78, 5) is 43.1. The molecule has 0 spiro atoms. The van der Waals surface area contributed by atoms with E-state index in [1.807, 2.05) is 14.0 Å². The van der Waals surface area contributed by atoms with Gasteiger partial charge in [-0.1, -0.05) is 112 Å². The zero-order chi connectivity index (χ0) is 31.6. The number of unbranched alkanes of at least 4 members (excludes halogenated alkanes) is 8. The Hall–Kier alpha value is -1.63. The second-order valence-electron chi connectivity index (χ2n) is 12.2. The van der Waals surface area contributed by atoms with E-state index >= 15 is 0 Å². The molecule has 0 aliphatic carbocycles. The van der Waals surface area contributed by atoms with Gasteiger partial charge in [0.25, 0.3) is 0 Å². The van der Waals surface area contributed by atoms with Crippen LogP contribution in [0.3, 0.4) is 0 Å². The molecule has 1 unspecified atom stereocenters. The van der Waals surface area contributed by atoms with Crippen molar-refractivity contribution >= 4 is 17.8 Å². The molecule has 7 heteroatoms. The second kappa shape index (κ2) is 27.0. The van der Waals surface area contributed by atoms with Crippen LogP contribution in [-0.2, 0) is 23.9 Å². The van der Waals surface area contributed by atoms with Gasteiger partial charge in [-0.25, -0.2) is 0 Å². The molecule has 0 fully saturated rings. The topological polar surface area (TPSA) is 76.1 Å². The number of rotatable bonds is 28. The van der Waals surface area contributed by atoms with E-state index in [0.29, 0.717) is 19.5 Å². The van der Waals surface area contributed by atoms with Gasteiger partial charge in [-0.2, -0.15) is 0 Å². The molecular formula is C35H68N2O5. The minimum absolute atomic E-state index is 0.000203. The van der Waals surface area contributed by atoms with E-state index in [0.717, 1.165) is 109 Å². The van der Waals surface area contributed by atoms with Crippen molar-refractivity contribution in [1.29, 1.82) is 0 Å². The molecule has 0 aromatic heterocycles. The first-order chi connectivity index (χ1) is 20.2. The van der Waals surface area contributed by atoms with Crippen molar-refractivity contribution in [3.8, 4) is 0 Å². The molecule has 0 rings (SSSR count). The smallest absolute Gasteiger partial charge is 0.308 e. The van der Waals surface area contributed by atoms with Crippen LogP contribution in [0.25, 0.3) is 0 Å². The standard InChI is InChI=1S/C35H68N2O5/c1-8-13-17-21-31(22-18-14-9-2)34(39)41-27-25-37(33(38)29-30(6)36(7)12-5)26-28-42-35(40)32(23-19-15-10-3)24-20-16-11-4/h30-32H,8-29H2,1-7H3. The average molecular weight is 597 g/mol. The van der Waals surface area contributed by atoms with Crippen molar-refractivity contribution in [1.82, 2.24) is 9.80 Å². The Morgan fingerprint density at radius 1 is 0.595 bits per heavy atom. The summed E-state index contributed by atoms with van der Waals surface area (Å²) in [7, 11) is 2.01. The summed E-state index contributed by atoms with van der Waals surface area (Å²) < 4.78 is 11.5. The molecule has 0 aromatic rings. The van der Waals surface area contributed by atoms with E-state index in [1.54, 1.807) is 4.90 Å². The number of carbonyl (C=O) groups excluding carboxylic acids is 3. The summed E-state index contributed by atoms with van der Waals surface area (Å²) in [5.41, 5.74) is 0. The Kier molecular flexibility index (Phi) is 25.9. The van der Waals surface area contributed by atoms with E-state index in [4.69, 9.17) is 9.47 Å². The normalized spacial score (nSPS) is 12.2. The van der Waals surface area contributed by atoms with Crippen LogP contribution >= 0.6 is 0 Å². The molecule has 0 saturated carbocycles. The molecule has 248 valence electrons. The van der Waals surface area contributed by atoms with Crippen LogP contribution in [0.5, 0.6) is 0 Å². The van der Waals surface area contributed by atoms with E-state index in [-0.39, 0.29) is 48.9 Å². The van der Waals surface area contributed by atoms with Crippen LogP contribution in [-0.4, -0.2) is 73.6 Å². The molecule has 0 aliphatic rings. The number of esters is 2. The number of hydrogen-bond acceptors (Lipinski definition) is 6. The molecule has 0 aliphatic heterocycles. The summed E-state index contributed by atoms with van der Waals surface area (Å²) >= 11 is 0. The van der Waals surface area contributed by atoms with Crippen molar-refractivity contribution in [3.05, 3.63) is 0 Å². The molecule has 0 heterocycles. The lowest BCUT2D eigenvalue weighted by molar-refractivity contribution is -0.152. The summed E-state index contributed by atoms with van der Waals surface area (Å²) in [5.74, 6) is -0.406. The van der Waals surface area contributed by atoms with Gasteiger partial charge in [-0.05, 0) is 46.2 Å². The van der Waals surface area contributed by atoms with Gasteiger partial charge in [0.15, 0.2) is 0 Å². The van der Waals surface area contributed by atoms with E-state index in [2.05, 4.69) is 39.5 Å². The number of amides is 1. The van der Waals surface area contributed by atoms with Gasteiger partial charge in [-0.3, -0.25) is 14.4 Å². The molecular weight excluding hydrogens is 528 g/mol. The third-order valence-corrected chi connectivity index (χ3v) is 8.58. The number of nitrogens with zero attached hydrogens (tertiary/aromatic N) is 2. The zero-order valence-corrected chi connectivity index (χ0v) is 28.7. The highest BCUT2D eigenvalue weighted by molar-refractivity contribution is 5.77. The fourth-order valence-corrected chi connectivity index (χ4v) is 5.28. The van der Waals surface area contributed by atoms with Crippen molar-refractivity contribution in [2.24, 2.45) is 11.8 Å². The predicted molar refractivity (Wildman–Crippen MR) is 174 cm³/mol. The van der Waals surface area contributed by atoms with Crippen LogP contribution in [0.2, 0.25) is 0 Å². The van der Waals surface area contributed by atoms with E-state index in [9.17, 15) is 14.4 Å². The molecule has 0 bridgehead atoms. The largest absolute Gasteiger partial charge is 0.464 e. The minimum Gasteiger partial charge on any atom is -0.464 e. The number of carbonyl (C=O) groups is 3. The first-order valence-electron chi connectivity index (χ1n) is 17.6. The summed E-state index contributed by atoms with van der Waals surface area (Å²) in [6, 6.07) is 0.0955. The van der Waals surface area contributed by atoms with Crippen molar-refractivity contribution in [2.75, 3.05) is 39.9 Å². The van der Waals surface area contributed by atoms with E-state index in [1.165, 1.54) is 0 Å². The van der Waals surface area contributed by atoms with Crippen LogP contribution < -0.4 is 0 Å². The quantitative estimate of drug-likeness (QED) is 0.0670. The second-order valence-corrected chi connectivity index (χ2v) is 12.2. The molecule has 0 radical (unpaired) electrons. The molecule has 0 N–H and O–H groups in total.